The van der Waals surface area contributed by atoms with Gasteiger partial charge in [0.2, 0.25) is 0 Å². The van der Waals surface area contributed by atoms with Crippen LogP contribution in [0.2, 0.25) is 10.0 Å². The summed E-state index contributed by atoms with van der Waals surface area (Å²) in [5.74, 6) is 0. The van der Waals surface area contributed by atoms with Crippen LogP contribution in [0.25, 0.3) is 0 Å². The highest BCUT2D eigenvalue weighted by Crippen LogP contribution is 2.21. The van der Waals surface area contributed by atoms with E-state index in [0.29, 0.717) is 5.02 Å². The third kappa shape index (κ3) is 4.28. The van der Waals surface area contributed by atoms with Gasteiger partial charge in [0.1, 0.15) is 0 Å². The second kappa shape index (κ2) is 7.39. The molecule has 0 spiro atoms. The largest absolute Gasteiger partial charge is 0.368 e. The smallest absolute Gasteiger partial charge is 0.173 e. The summed E-state index contributed by atoms with van der Waals surface area (Å²) in [6.45, 7) is 3.58. The van der Waals surface area contributed by atoms with Crippen molar-refractivity contribution in [3.63, 3.8) is 0 Å². The third-order valence-corrected chi connectivity index (χ3v) is 4.65. The van der Waals surface area contributed by atoms with Gasteiger partial charge in [-0.05, 0) is 48.6 Å². The number of piperazine rings is 1. The van der Waals surface area contributed by atoms with E-state index < -0.39 is 0 Å². The number of hydrogen-bond acceptors (Lipinski definition) is 2. The first-order valence-corrected chi connectivity index (χ1v) is 8.60. The minimum Gasteiger partial charge on any atom is -0.368 e. The summed E-state index contributed by atoms with van der Waals surface area (Å²) in [4.78, 5) is 4.50. The minimum atomic E-state index is 0.698. The van der Waals surface area contributed by atoms with Gasteiger partial charge >= 0.3 is 0 Å². The van der Waals surface area contributed by atoms with Crippen molar-refractivity contribution in [2.24, 2.45) is 0 Å². The summed E-state index contributed by atoms with van der Waals surface area (Å²) < 4.78 is 0. The van der Waals surface area contributed by atoms with Crippen molar-refractivity contribution < 1.29 is 0 Å². The Morgan fingerprint density at radius 3 is 2.22 bits per heavy atom. The predicted octanol–water partition coefficient (Wildman–Crippen LogP) is 4.51. The first-order valence-electron chi connectivity index (χ1n) is 7.44. The van der Waals surface area contributed by atoms with Crippen LogP contribution in [0.15, 0.2) is 48.5 Å². The Hall–Kier alpha value is -1.49. The number of nitrogens with one attached hydrogen (secondary N) is 1. The molecular formula is C17H17Cl2N3S. The molecule has 1 heterocycles. The Kier molecular flexibility index (Phi) is 5.26. The van der Waals surface area contributed by atoms with Gasteiger partial charge in [0.25, 0.3) is 0 Å². The van der Waals surface area contributed by atoms with Gasteiger partial charge in [-0.1, -0.05) is 35.3 Å². The highest BCUT2D eigenvalue weighted by atomic mass is 35.5. The lowest BCUT2D eigenvalue weighted by Crippen LogP contribution is -2.50. The van der Waals surface area contributed by atoms with Gasteiger partial charge in [0, 0.05) is 47.6 Å². The highest BCUT2D eigenvalue weighted by molar-refractivity contribution is 7.80. The fourth-order valence-corrected chi connectivity index (χ4v) is 3.28. The van der Waals surface area contributed by atoms with Crippen molar-refractivity contribution in [3.8, 4) is 0 Å². The molecule has 1 fully saturated rings. The number of rotatable bonds is 2. The summed E-state index contributed by atoms with van der Waals surface area (Å²) in [5, 5.41) is 5.45. The maximum absolute atomic E-state index is 6.07. The van der Waals surface area contributed by atoms with Gasteiger partial charge in [0.15, 0.2) is 5.11 Å². The molecule has 6 heteroatoms. The van der Waals surface area contributed by atoms with Crippen LogP contribution in [0, 0.1) is 0 Å². The average Bonchev–Trinajstić information content (AvgIpc) is 2.55. The Labute approximate surface area is 151 Å². The molecule has 1 N–H and O–H groups in total. The molecular weight excluding hydrogens is 349 g/mol. The van der Waals surface area contributed by atoms with Crippen molar-refractivity contribution >= 4 is 51.9 Å². The molecule has 1 aliphatic heterocycles. The van der Waals surface area contributed by atoms with Gasteiger partial charge in [0.05, 0.1) is 0 Å². The van der Waals surface area contributed by atoms with Crippen LogP contribution in [0.1, 0.15) is 0 Å². The van der Waals surface area contributed by atoms with Crippen LogP contribution in [0.4, 0.5) is 11.4 Å². The van der Waals surface area contributed by atoms with Gasteiger partial charge in [-0.2, -0.15) is 0 Å². The SMILES string of the molecule is S=C(Nc1cccc(Cl)c1)N1CCN(c2cccc(Cl)c2)CC1. The Morgan fingerprint density at radius 2 is 1.57 bits per heavy atom. The van der Waals surface area contributed by atoms with Crippen LogP contribution in [0.5, 0.6) is 0 Å². The molecule has 1 saturated heterocycles. The number of hydrogen-bond donors (Lipinski definition) is 1. The van der Waals surface area contributed by atoms with Crippen molar-refractivity contribution in [2.45, 2.75) is 0 Å². The standard InChI is InChI=1S/C17H17Cl2N3S/c18-13-3-1-5-15(11-13)20-17(23)22-9-7-21(8-10-22)16-6-2-4-14(19)12-16/h1-6,11-12H,7-10H2,(H,20,23). The van der Waals surface area contributed by atoms with Crippen LogP contribution in [-0.2, 0) is 0 Å². The second-order valence-electron chi connectivity index (χ2n) is 5.39. The molecule has 120 valence electrons. The molecule has 0 aliphatic carbocycles. The van der Waals surface area contributed by atoms with E-state index in [1.807, 2.05) is 42.5 Å². The Balaban J connectivity index is 1.57. The molecule has 0 saturated carbocycles. The number of thiocarbonyl (C=S) groups is 1. The number of anilines is 2. The zero-order valence-corrected chi connectivity index (χ0v) is 14.8. The van der Waals surface area contributed by atoms with E-state index in [1.54, 1.807) is 0 Å². The van der Waals surface area contributed by atoms with Crippen LogP contribution in [-0.4, -0.2) is 36.2 Å². The summed E-state index contributed by atoms with van der Waals surface area (Å²) >= 11 is 17.6. The zero-order chi connectivity index (χ0) is 16.2. The first kappa shape index (κ1) is 16.4. The maximum atomic E-state index is 6.07. The normalized spacial score (nSPS) is 14.7. The van der Waals surface area contributed by atoms with Crippen LogP contribution < -0.4 is 10.2 Å². The van der Waals surface area contributed by atoms with Crippen molar-refractivity contribution in [1.82, 2.24) is 4.90 Å². The fraction of sp³-hybridized carbons (Fsp3) is 0.235. The van der Waals surface area contributed by atoms with Gasteiger partial charge in [-0.3, -0.25) is 0 Å². The number of halogens is 2. The lowest BCUT2D eigenvalue weighted by atomic mass is 10.2. The molecule has 3 nitrogen and oxygen atoms in total. The predicted molar refractivity (Wildman–Crippen MR) is 103 cm³/mol. The molecule has 0 radical (unpaired) electrons. The second-order valence-corrected chi connectivity index (χ2v) is 6.65. The average molecular weight is 366 g/mol. The summed E-state index contributed by atoms with van der Waals surface area (Å²) in [7, 11) is 0. The van der Waals surface area contributed by atoms with Crippen LogP contribution in [0.3, 0.4) is 0 Å². The monoisotopic (exact) mass is 365 g/mol. The van der Waals surface area contributed by atoms with Gasteiger partial charge < -0.3 is 15.1 Å². The fourth-order valence-electron chi connectivity index (χ4n) is 2.61. The molecule has 0 amide bonds. The van der Waals surface area contributed by atoms with Crippen molar-refractivity contribution in [2.75, 3.05) is 36.4 Å². The van der Waals surface area contributed by atoms with E-state index in [-0.39, 0.29) is 0 Å². The molecule has 2 aromatic rings. The molecule has 23 heavy (non-hydrogen) atoms. The van der Waals surface area contributed by atoms with Crippen molar-refractivity contribution in [3.05, 3.63) is 58.6 Å². The molecule has 0 aromatic heterocycles. The quantitative estimate of drug-likeness (QED) is 0.788. The van der Waals surface area contributed by atoms with Gasteiger partial charge in [-0.15, -0.1) is 0 Å². The van der Waals surface area contributed by atoms with E-state index in [4.69, 9.17) is 35.4 Å². The van der Waals surface area contributed by atoms with E-state index in [0.717, 1.165) is 47.7 Å². The first-order chi connectivity index (χ1) is 11.1. The van der Waals surface area contributed by atoms with E-state index in [9.17, 15) is 0 Å². The summed E-state index contributed by atoms with van der Waals surface area (Å²) in [6, 6.07) is 15.5. The molecule has 0 unspecified atom stereocenters. The molecule has 0 atom stereocenters. The van der Waals surface area contributed by atoms with Crippen molar-refractivity contribution in [1.29, 1.82) is 0 Å². The lowest BCUT2D eigenvalue weighted by molar-refractivity contribution is 0.391. The van der Waals surface area contributed by atoms with Crippen LogP contribution >= 0.6 is 35.4 Å². The van der Waals surface area contributed by atoms with E-state index in [2.05, 4.69) is 21.2 Å². The Morgan fingerprint density at radius 1 is 0.913 bits per heavy atom. The third-order valence-electron chi connectivity index (χ3n) is 3.82. The molecule has 0 bridgehead atoms. The summed E-state index contributed by atoms with van der Waals surface area (Å²) in [6.07, 6.45) is 0. The number of nitrogens with zero attached hydrogens (tertiary/aromatic N) is 2. The molecule has 1 aliphatic rings. The highest BCUT2D eigenvalue weighted by Gasteiger charge is 2.19. The van der Waals surface area contributed by atoms with E-state index >= 15 is 0 Å². The van der Waals surface area contributed by atoms with E-state index in [1.165, 1.54) is 0 Å². The molecule has 3 rings (SSSR count). The lowest BCUT2D eigenvalue weighted by Gasteiger charge is -2.37. The topological polar surface area (TPSA) is 18.5 Å². The Bertz CT molecular complexity index is 700. The minimum absolute atomic E-state index is 0.698. The zero-order valence-electron chi connectivity index (χ0n) is 12.5. The molecule has 2 aromatic carbocycles. The number of benzene rings is 2. The van der Waals surface area contributed by atoms with Gasteiger partial charge in [-0.25, -0.2) is 0 Å². The maximum Gasteiger partial charge on any atom is 0.173 e. The summed E-state index contributed by atoms with van der Waals surface area (Å²) in [5.41, 5.74) is 2.07.